The monoisotopic (exact) mass is 391 g/mol. The lowest BCUT2D eigenvalue weighted by Crippen LogP contribution is -2.44. The summed E-state index contributed by atoms with van der Waals surface area (Å²) in [6.07, 6.45) is 6.25. The summed E-state index contributed by atoms with van der Waals surface area (Å²) in [5.74, 6) is 1.19. The Balaban J connectivity index is 1.53. The summed E-state index contributed by atoms with van der Waals surface area (Å²) in [6.45, 7) is 0.503. The number of H-pyrrole nitrogens is 1. The molecule has 1 fully saturated rings. The summed E-state index contributed by atoms with van der Waals surface area (Å²) < 4.78 is 0. The molecule has 29 heavy (non-hydrogen) atoms. The SMILES string of the molecule is N[C@H]1CCCC[C@H]1Nc1cc2c(c(Nc3cccc4[nH]ccc34)n1)CNNC2=O. The molecule has 2 aromatic heterocycles. The van der Waals surface area contributed by atoms with Crippen LogP contribution < -0.4 is 27.2 Å². The Morgan fingerprint density at radius 2 is 2.07 bits per heavy atom. The molecule has 1 amide bonds. The first kappa shape index (κ1) is 18.0. The van der Waals surface area contributed by atoms with Gasteiger partial charge in [-0.1, -0.05) is 18.9 Å². The number of hydrogen-bond acceptors (Lipinski definition) is 6. The smallest absolute Gasteiger partial charge is 0.265 e. The van der Waals surface area contributed by atoms with Gasteiger partial charge in [0.15, 0.2) is 0 Å². The molecule has 1 saturated carbocycles. The summed E-state index contributed by atoms with van der Waals surface area (Å²) in [5, 5.41) is 8.00. The van der Waals surface area contributed by atoms with E-state index in [1.807, 2.05) is 36.5 Å². The van der Waals surface area contributed by atoms with Gasteiger partial charge in [0.05, 0.1) is 5.56 Å². The summed E-state index contributed by atoms with van der Waals surface area (Å²) in [6, 6.07) is 10.1. The zero-order valence-corrected chi connectivity index (χ0v) is 16.1. The van der Waals surface area contributed by atoms with Crippen molar-refractivity contribution in [3.8, 4) is 0 Å². The molecule has 0 unspecified atom stereocenters. The third-order valence-corrected chi connectivity index (χ3v) is 5.84. The lowest BCUT2D eigenvalue weighted by Gasteiger charge is -2.30. The minimum atomic E-state index is -0.160. The van der Waals surface area contributed by atoms with Crippen LogP contribution in [-0.4, -0.2) is 28.0 Å². The van der Waals surface area contributed by atoms with Gasteiger partial charge < -0.3 is 21.4 Å². The minimum Gasteiger partial charge on any atom is -0.366 e. The number of carbonyl (C=O) groups is 1. The van der Waals surface area contributed by atoms with Crippen molar-refractivity contribution in [2.75, 3.05) is 10.6 Å². The zero-order chi connectivity index (χ0) is 19.8. The van der Waals surface area contributed by atoms with Crippen LogP contribution in [0.1, 0.15) is 41.6 Å². The number of hydrogen-bond donors (Lipinski definition) is 6. The van der Waals surface area contributed by atoms with Crippen LogP contribution in [0.4, 0.5) is 17.3 Å². The summed E-state index contributed by atoms with van der Waals surface area (Å²) in [5.41, 5.74) is 15.4. The standard InChI is InChI=1S/C21H25N7O/c22-15-4-1-2-5-18(15)25-19-10-13-14(11-24-28-21(13)29)20(27-19)26-17-7-3-6-16-12(17)8-9-23-16/h3,6-10,15,18,23-24H,1-2,4-5,11,22H2,(H,28,29)(H2,25,26,27)/t15-,18+/m0/s1. The van der Waals surface area contributed by atoms with Gasteiger partial charge in [0.25, 0.3) is 5.91 Å². The van der Waals surface area contributed by atoms with Crippen LogP contribution >= 0.6 is 0 Å². The number of aromatic nitrogens is 2. The molecular weight excluding hydrogens is 366 g/mol. The first-order valence-corrected chi connectivity index (χ1v) is 10.1. The molecule has 150 valence electrons. The molecule has 2 aliphatic rings. The van der Waals surface area contributed by atoms with Crippen molar-refractivity contribution in [1.29, 1.82) is 0 Å². The van der Waals surface area contributed by atoms with Gasteiger partial charge in [0.1, 0.15) is 11.6 Å². The Morgan fingerprint density at radius 1 is 1.17 bits per heavy atom. The van der Waals surface area contributed by atoms with E-state index in [9.17, 15) is 4.79 Å². The van der Waals surface area contributed by atoms with Crippen molar-refractivity contribution in [3.05, 3.63) is 47.7 Å². The zero-order valence-electron chi connectivity index (χ0n) is 16.1. The molecule has 8 heteroatoms. The molecule has 1 aliphatic carbocycles. The summed E-state index contributed by atoms with van der Waals surface area (Å²) in [7, 11) is 0. The molecule has 0 saturated heterocycles. The van der Waals surface area contributed by atoms with Gasteiger partial charge in [0.2, 0.25) is 0 Å². The van der Waals surface area contributed by atoms with E-state index in [0.717, 1.165) is 41.4 Å². The predicted molar refractivity (Wildman–Crippen MR) is 114 cm³/mol. The second kappa shape index (κ2) is 7.38. The van der Waals surface area contributed by atoms with E-state index in [1.54, 1.807) is 0 Å². The van der Waals surface area contributed by atoms with E-state index in [0.29, 0.717) is 23.7 Å². The van der Waals surface area contributed by atoms with E-state index >= 15 is 0 Å². The number of benzene rings is 1. The van der Waals surface area contributed by atoms with Crippen molar-refractivity contribution in [1.82, 2.24) is 20.8 Å². The van der Waals surface area contributed by atoms with Gasteiger partial charge in [-0.3, -0.25) is 10.2 Å². The fourth-order valence-electron chi connectivity index (χ4n) is 4.26. The maximum atomic E-state index is 12.5. The topological polar surface area (TPSA) is 120 Å². The Kier molecular flexibility index (Phi) is 4.57. The van der Waals surface area contributed by atoms with Gasteiger partial charge in [-0.05, 0) is 37.1 Å². The van der Waals surface area contributed by atoms with Crippen LogP contribution in [0.2, 0.25) is 0 Å². The molecule has 8 nitrogen and oxygen atoms in total. The number of fused-ring (bicyclic) bond motifs is 2. The normalized spacial score (nSPS) is 21.5. The van der Waals surface area contributed by atoms with Gasteiger partial charge in [0, 0.05) is 47.0 Å². The third kappa shape index (κ3) is 3.41. The molecule has 1 aromatic carbocycles. The number of anilines is 3. The average molecular weight is 391 g/mol. The fourth-order valence-corrected chi connectivity index (χ4v) is 4.26. The van der Waals surface area contributed by atoms with E-state index in [-0.39, 0.29) is 18.0 Å². The molecule has 3 aromatic rings. The number of nitrogens with two attached hydrogens (primary N) is 1. The maximum Gasteiger partial charge on any atom is 0.265 e. The molecule has 0 spiro atoms. The number of nitrogens with zero attached hydrogens (tertiary/aromatic N) is 1. The Hall–Kier alpha value is -3.10. The first-order chi connectivity index (χ1) is 14.2. The van der Waals surface area contributed by atoms with Crippen molar-refractivity contribution < 1.29 is 4.79 Å². The molecule has 1 aliphatic heterocycles. The molecule has 0 bridgehead atoms. The molecular formula is C21H25N7O. The lowest BCUT2D eigenvalue weighted by atomic mass is 9.91. The number of aromatic amines is 1. The maximum absolute atomic E-state index is 12.5. The molecule has 2 atom stereocenters. The quantitative estimate of drug-likeness (QED) is 0.407. The second-order valence-corrected chi connectivity index (χ2v) is 7.76. The minimum absolute atomic E-state index is 0.0992. The van der Waals surface area contributed by atoms with Crippen molar-refractivity contribution in [3.63, 3.8) is 0 Å². The Bertz CT molecular complexity index is 1060. The van der Waals surface area contributed by atoms with E-state index in [1.165, 1.54) is 6.42 Å². The van der Waals surface area contributed by atoms with Crippen molar-refractivity contribution in [2.24, 2.45) is 5.73 Å². The van der Waals surface area contributed by atoms with Gasteiger partial charge >= 0.3 is 0 Å². The highest BCUT2D eigenvalue weighted by atomic mass is 16.2. The van der Waals surface area contributed by atoms with Gasteiger partial charge in [-0.25, -0.2) is 10.4 Å². The number of rotatable bonds is 4. The van der Waals surface area contributed by atoms with Gasteiger partial charge in [-0.15, -0.1) is 0 Å². The van der Waals surface area contributed by atoms with Crippen LogP contribution in [0.25, 0.3) is 10.9 Å². The van der Waals surface area contributed by atoms with Gasteiger partial charge in [-0.2, -0.15) is 0 Å². The number of hydrazine groups is 1. The summed E-state index contributed by atoms with van der Waals surface area (Å²) in [4.78, 5) is 20.5. The summed E-state index contributed by atoms with van der Waals surface area (Å²) >= 11 is 0. The van der Waals surface area contributed by atoms with Crippen LogP contribution in [0.3, 0.4) is 0 Å². The van der Waals surface area contributed by atoms with Crippen molar-refractivity contribution >= 4 is 34.1 Å². The number of amides is 1. The van der Waals surface area contributed by atoms with Crippen LogP contribution in [0.5, 0.6) is 0 Å². The molecule has 0 radical (unpaired) electrons. The van der Waals surface area contributed by atoms with E-state index in [4.69, 9.17) is 10.7 Å². The van der Waals surface area contributed by atoms with Crippen LogP contribution in [-0.2, 0) is 6.54 Å². The molecule has 3 heterocycles. The lowest BCUT2D eigenvalue weighted by molar-refractivity contribution is 0.0920. The molecule has 7 N–H and O–H groups in total. The van der Waals surface area contributed by atoms with E-state index < -0.39 is 0 Å². The van der Waals surface area contributed by atoms with Crippen LogP contribution in [0, 0.1) is 0 Å². The first-order valence-electron chi connectivity index (χ1n) is 10.1. The van der Waals surface area contributed by atoms with E-state index in [2.05, 4.69) is 26.5 Å². The number of pyridine rings is 1. The Morgan fingerprint density at radius 3 is 2.97 bits per heavy atom. The predicted octanol–water partition coefficient (Wildman–Crippen LogP) is 2.74. The van der Waals surface area contributed by atoms with Crippen LogP contribution in [0.15, 0.2) is 36.5 Å². The highest BCUT2D eigenvalue weighted by Gasteiger charge is 2.26. The average Bonchev–Trinajstić information content (AvgIpc) is 3.21. The molecule has 5 rings (SSSR count). The highest BCUT2D eigenvalue weighted by molar-refractivity contribution is 5.99. The van der Waals surface area contributed by atoms with Crippen molar-refractivity contribution in [2.45, 2.75) is 44.3 Å². The largest absolute Gasteiger partial charge is 0.366 e. The number of nitrogens with one attached hydrogen (secondary N) is 5. The Labute approximate surface area is 168 Å². The highest BCUT2D eigenvalue weighted by Crippen LogP contribution is 2.31. The number of carbonyl (C=O) groups excluding carboxylic acids is 1. The second-order valence-electron chi connectivity index (χ2n) is 7.76. The fraction of sp³-hybridized carbons (Fsp3) is 0.333. The third-order valence-electron chi connectivity index (χ3n) is 5.84.